The normalized spacial score (nSPS) is 32.4. The van der Waals surface area contributed by atoms with Gasteiger partial charge in [-0.05, 0) is 18.4 Å². The van der Waals surface area contributed by atoms with Crippen LogP contribution in [0.3, 0.4) is 0 Å². The second-order valence-corrected chi connectivity index (χ2v) is 7.62. The lowest BCUT2D eigenvalue weighted by Crippen LogP contribution is -2.61. The molecular weight excluding hydrogens is 380 g/mol. The summed E-state index contributed by atoms with van der Waals surface area (Å²) < 4.78 is 23.4. The standard InChI is InChI=1S/C21H22O6S/c1-28-21-18(26-19(23)13-8-4-2-5-9-13)16(22)17-15(25-21)12-24-20(27-17)14-10-6-3-7-11-14/h2-11,15-18,20-22H,12H2,1H3/t15?,16?,17-,18-,20?,21-/m0/s1. The number of fused-ring (bicyclic) bond motifs is 1. The molecule has 0 bridgehead atoms. The molecule has 148 valence electrons. The van der Waals surface area contributed by atoms with Gasteiger partial charge in [-0.2, -0.15) is 0 Å². The van der Waals surface area contributed by atoms with Crippen LogP contribution in [0, 0.1) is 0 Å². The summed E-state index contributed by atoms with van der Waals surface area (Å²) in [5.74, 6) is -0.502. The van der Waals surface area contributed by atoms with E-state index in [9.17, 15) is 9.90 Å². The summed E-state index contributed by atoms with van der Waals surface area (Å²) >= 11 is 1.38. The fourth-order valence-electron chi connectivity index (χ4n) is 3.43. The molecule has 2 aliphatic rings. The number of benzene rings is 2. The Hall–Kier alpha value is -1.90. The highest BCUT2D eigenvalue weighted by atomic mass is 32.2. The number of carbonyl (C=O) groups is 1. The summed E-state index contributed by atoms with van der Waals surface area (Å²) in [6.07, 6.45) is -1.72. The maximum atomic E-state index is 12.5. The molecule has 6 nitrogen and oxygen atoms in total. The van der Waals surface area contributed by atoms with E-state index in [0.717, 1.165) is 5.56 Å². The van der Waals surface area contributed by atoms with Gasteiger partial charge < -0.3 is 24.1 Å². The Morgan fingerprint density at radius 3 is 2.43 bits per heavy atom. The molecule has 0 spiro atoms. The van der Waals surface area contributed by atoms with Crippen LogP contribution in [0.2, 0.25) is 0 Å². The lowest BCUT2D eigenvalue weighted by atomic mass is 9.98. The average Bonchev–Trinajstić information content (AvgIpc) is 2.76. The van der Waals surface area contributed by atoms with E-state index in [1.807, 2.05) is 42.7 Å². The van der Waals surface area contributed by atoms with Crippen molar-refractivity contribution < 1.29 is 28.8 Å². The van der Waals surface area contributed by atoms with Gasteiger partial charge in [-0.3, -0.25) is 0 Å². The van der Waals surface area contributed by atoms with Crippen LogP contribution in [0.4, 0.5) is 0 Å². The van der Waals surface area contributed by atoms with Gasteiger partial charge in [0.2, 0.25) is 0 Å². The quantitative estimate of drug-likeness (QED) is 0.788. The van der Waals surface area contributed by atoms with Crippen LogP contribution in [0.25, 0.3) is 0 Å². The van der Waals surface area contributed by atoms with Crippen LogP contribution >= 0.6 is 11.8 Å². The number of aliphatic hydroxyl groups is 1. The maximum absolute atomic E-state index is 12.5. The van der Waals surface area contributed by atoms with Gasteiger partial charge in [-0.25, -0.2) is 4.79 Å². The molecule has 4 rings (SSSR count). The molecule has 2 aromatic carbocycles. The second-order valence-electron chi connectivity index (χ2n) is 6.68. The molecule has 2 saturated heterocycles. The smallest absolute Gasteiger partial charge is 0.338 e. The topological polar surface area (TPSA) is 74.2 Å². The minimum atomic E-state index is -1.03. The summed E-state index contributed by atoms with van der Waals surface area (Å²) in [4.78, 5) is 12.5. The first kappa shape index (κ1) is 19.4. The molecule has 7 heteroatoms. The van der Waals surface area contributed by atoms with Crippen molar-refractivity contribution in [3.05, 3.63) is 71.8 Å². The van der Waals surface area contributed by atoms with Crippen molar-refractivity contribution in [2.45, 2.75) is 36.1 Å². The highest BCUT2D eigenvalue weighted by molar-refractivity contribution is 7.99. The molecule has 0 aliphatic carbocycles. The lowest BCUT2D eigenvalue weighted by Gasteiger charge is -2.47. The zero-order valence-corrected chi connectivity index (χ0v) is 16.2. The van der Waals surface area contributed by atoms with Crippen LogP contribution in [-0.2, 0) is 18.9 Å². The predicted octanol–water partition coefficient (Wildman–Crippen LogP) is 2.78. The van der Waals surface area contributed by atoms with Crippen LogP contribution in [0.1, 0.15) is 22.2 Å². The van der Waals surface area contributed by atoms with Gasteiger partial charge in [-0.15, -0.1) is 11.8 Å². The van der Waals surface area contributed by atoms with Gasteiger partial charge in [-0.1, -0.05) is 48.5 Å². The SMILES string of the molecule is CS[C@@H]1OC2COC(c3ccccc3)O[C@@H]2C(O)[C@@H]1OC(=O)c1ccccc1. The fraction of sp³-hybridized carbons (Fsp3) is 0.381. The van der Waals surface area contributed by atoms with E-state index < -0.39 is 42.1 Å². The van der Waals surface area contributed by atoms with E-state index >= 15 is 0 Å². The van der Waals surface area contributed by atoms with Crippen molar-refractivity contribution in [3.8, 4) is 0 Å². The summed E-state index contributed by atoms with van der Waals surface area (Å²) in [5, 5.41) is 11.0. The third-order valence-corrected chi connectivity index (χ3v) is 5.71. The number of hydrogen-bond donors (Lipinski definition) is 1. The zero-order chi connectivity index (χ0) is 19.5. The number of hydrogen-bond acceptors (Lipinski definition) is 7. The maximum Gasteiger partial charge on any atom is 0.338 e. The van der Waals surface area contributed by atoms with Crippen LogP contribution in [0.5, 0.6) is 0 Å². The predicted molar refractivity (Wildman–Crippen MR) is 104 cm³/mol. The van der Waals surface area contributed by atoms with Crippen LogP contribution in [0.15, 0.2) is 60.7 Å². The molecular formula is C21H22O6S. The molecule has 0 aromatic heterocycles. The summed E-state index contributed by atoms with van der Waals surface area (Å²) in [6.45, 7) is 0.289. The van der Waals surface area contributed by atoms with E-state index in [-0.39, 0.29) is 6.61 Å². The highest BCUT2D eigenvalue weighted by Gasteiger charge is 2.50. The number of aliphatic hydroxyl groups excluding tert-OH is 1. The highest BCUT2D eigenvalue weighted by Crippen LogP contribution is 2.37. The molecule has 6 atom stereocenters. The molecule has 1 N–H and O–H groups in total. The van der Waals surface area contributed by atoms with Crippen molar-refractivity contribution in [1.82, 2.24) is 0 Å². The Morgan fingerprint density at radius 2 is 1.75 bits per heavy atom. The summed E-state index contributed by atoms with van der Waals surface area (Å²) in [6, 6.07) is 18.2. The third-order valence-electron chi connectivity index (χ3n) is 4.87. The van der Waals surface area contributed by atoms with Gasteiger partial charge in [0.15, 0.2) is 12.4 Å². The fourth-order valence-corrected chi connectivity index (χ4v) is 4.17. The van der Waals surface area contributed by atoms with Crippen molar-refractivity contribution in [3.63, 3.8) is 0 Å². The largest absolute Gasteiger partial charge is 0.452 e. The number of thioether (sulfide) groups is 1. The summed E-state index contributed by atoms with van der Waals surface area (Å²) in [7, 11) is 0. The minimum Gasteiger partial charge on any atom is -0.452 e. The number of rotatable bonds is 4. The van der Waals surface area contributed by atoms with Gasteiger partial charge >= 0.3 is 5.97 Å². The molecule has 28 heavy (non-hydrogen) atoms. The van der Waals surface area contributed by atoms with E-state index in [0.29, 0.717) is 5.56 Å². The monoisotopic (exact) mass is 402 g/mol. The molecule has 3 unspecified atom stereocenters. The van der Waals surface area contributed by atoms with Crippen LogP contribution in [-0.4, -0.2) is 53.8 Å². The number of esters is 1. The molecule has 0 radical (unpaired) electrons. The first-order valence-electron chi connectivity index (χ1n) is 9.11. The molecule has 2 aliphatic heterocycles. The third kappa shape index (κ3) is 3.94. The Balaban J connectivity index is 1.50. The Labute approximate surface area is 167 Å². The molecule has 0 amide bonds. The minimum absolute atomic E-state index is 0.289. The van der Waals surface area contributed by atoms with Crippen molar-refractivity contribution >= 4 is 17.7 Å². The molecule has 0 saturated carbocycles. The van der Waals surface area contributed by atoms with Gasteiger partial charge in [0.25, 0.3) is 0 Å². The molecule has 2 heterocycles. The second kappa shape index (κ2) is 8.63. The van der Waals surface area contributed by atoms with Crippen molar-refractivity contribution in [2.75, 3.05) is 12.9 Å². The average molecular weight is 402 g/mol. The first-order chi connectivity index (χ1) is 13.7. The van der Waals surface area contributed by atoms with E-state index in [4.69, 9.17) is 18.9 Å². The van der Waals surface area contributed by atoms with E-state index in [1.54, 1.807) is 24.3 Å². The van der Waals surface area contributed by atoms with Crippen molar-refractivity contribution in [2.24, 2.45) is 0 Å². The van der Waals surface area contributed by atoms with E-state index in [1.165, 1.54) is 11.8 Å². The summed E-state index contributed by atoms with van der Waals surface area (Å²) in [5.41, 5.74) is 0.772. The van der Waals surface area contributed by atoms with Gasteiger partial charge in [0.1, 0.15) is 23.7 Å². The zero-order valence-electron chi connectivity index (χ0n) is 15.3. The number of carbonyl (C=O) groups excluding carboxylic acids is 1. The van der Waals surface area contributed by atoms with Gasteiger partial charge in [0.05, 0.1) is 12.2 Å². The Morgan fingerprint density at radius 1 is 1.07 bits per heavy atom. The van der Waals surface area contributed by atoms with Crippen molar-refractivity contribution in [1.29, 1.82) is 0 Å². The lowest BCUT2D eigenvalue weighted by molar-refractivity contribution is -0.317. The van der Waals surface area contributed by atoms with Gasteiger partial charge in [0, 0.05) is 5.56 Å². The molecule has 2 fully saturated rings. The van der Waals surface area contributed by atoms with Crippen LogP contribution < -0.4 is 0 Å². The first-order valence-corrected chi connectivity index (χ1v) is 10.4. The Kier molecular flexibility index (Phi) is 5.99. The Bertz CT molecular complexity index is 786. The number of ether oxygens (including phenoxy) is 4. The van der Waals surface area contributed by atoms with E-state index in [2.05, 4.69) is 0 Å². The molecule has 2 aromatic rings.